The van der Waals surface area contributed by atoms with E-state index in [0.717, 1.165) is 0 Å². The van der Waals surface area contributed by atoms with Crippen molar-refractivity contribution in [2.24, 2.45) is 0 Å². The summed E-state index contributed by atoms with van der Waals surface area (Å²) in [6.07, 6.45) is 1.40. The summed E-state index contributed by atoms with van der Waals surface area (Å²) in [5, 5.41) is 16.6. The monoisotopic (exact) mass is 584 g/mol. The fraction of sp³-hybridized carbons (Fsp3) is 0.250. The summed E-state index contributed by atoms with van der Waals surface area (Å²) < 4.78 is 37.4. The molecule has 0 saturated carbocycles. The Balaban J connectivity index is 1.35. The molecule has 0 bridgehead atoms. The maximum absolute atomic E-state index is 15.1. The topological polar surface area (TPSA) is 103 Å². The van der Waals surface area contributed by atoms with E-state index in [1.54, 1.807) is 30.3 Å². The van der Waals surface area contributed by atoms with Crippen molar-refractivity contribution in [1.29, 1.82) is 5.26 Å². The number of nitrogens with zero attached hydrogens (tertiary/aromatic N) is 5. The fourth-order valence-electron chi connectivity index (χ4n) is 4.92. The summed E-state index contributed by atoms with van der Waals surface area (Å²) in [5.41, 5.74) is 0.906. The van der Waals surface area contributed by atoms with Gasteiger partial charge in [0.25, 0.3) is 17.7 Å². The fourth-order valence-corrected chi connectivity index (χ4v) is 4.92. The largest absolute Gasteiger partial charge is 0.491 e. The number of ether oxygens (including phenoxy) is 1. The lowest BCUT2D eigenvalue weighted by Crippen LogP contribution is -2.47. The van der Waals surface area contributed by atoms with Gasteiger partial charge in [-0.1, -0.05) is 42.5 Å². The Morgan fingerprint density at radius 1 is 1.12 bits per heavy atom. The number of amides is 2. The van der Waals surface area contributed by atoms with Crippen LogP contribution in [-0.4, -0.2) is 59.8 Å². The number of alkyl halides is 2. The maximum atomic E-state index is 15.1. The summed E-state index contributed by atoms with van der Waals surface area (Å²) in [4.78, 5) is 30.3. The van der Waals surface area contributed by atoms with Crippen molar-refractivity contribution in [3.05, 3.63) is 107 Å². The molecule has 5 rings (SSSR count). The summed E-state index contributed by atoms with van der Waals surface area (Å²) >= 11 is 0. The Morgan fingerprint density at radius 3 is 2.49 bits per heavy atom. The average Bonchev–Trinajstić information content (AvgIpc) is 3.40. The number of likely N-dealkylation sites (N-methyl/N-ethyl adjacent to an activating group) is 1. The second kappa shape index (κ2) is 12.0. The van der Waals surface area contributed by atoms with Gasteiger partial charge in [-0.2, -0.15) is 19.1 Å². The van der Waals surface area contributed by atoms with Crippen LogP contribution < -0.4 is 15.0 Å². The third-order valence-electron chi connectivity index (χ3n) is 7.19. The highest BCUT2D eigenvalue weighted by atomic mass is 19.3. The molecular formula is C32H30F2N6O3. The number of benzene rings is 3. The minimum absolute atomic E-state index is 0.122. The van der Waals surface area contributed by atoms with Gasteiger partial charge in [-0.25, -0.2) is 0 Å². The van der Waals surface area contributed by atoms with Gasteiger partial charge in [0.1, 0.15) is 24.1 Å². The van der Waals surface area contributed by atoms with Crippen LogP contribution in [0.1, 0.15) is 44.5 Å². The molecule has 220 valence electrons. The van der Waals surface area contributed by atoms with Crippen molar-refractivity contribution in [3.63, 3.8) is 0 Å². The average molecular weight is 585 g/mol. The van der Waals surface area contributed by atoms with E-state index >= 15 is 8.78 Å². The van der Waals surface area contributed by atoms with Crippen molar-refractivity contribution < 1.29 is 23.1 Å². The van der Waals surface area contributed by atoms with Crippen LogP contribution in [0.5, 0.6) is 5.75 Å². The molecule has 1 unspecified atom stereocenters. The molecule has 4 aromatic rings. The number of aromatic nitrogens is 2. The highest BCUT2D eigenvalue weighted by Crippen LogP contribution is 2.37. The molecule has 2 heterocycles. The molecule has 1 aliphatic heterocycles. The van der Waals surface area contributed by atoms with E-state index in [1.165, 1.54) is 58.2 Å². The SMILES string of the molecule is CC1Cn2ncc(NC(=O)c3ccc(OCCN(C)C)c(C#N)c3)c2C(=O)N1c1ccc(C(F)(F)c2ccccc2)cc1. The van der Waals surface area contributed by atoms with Gasteiger partial charge >= 0.3 is 0 Å². The normalized spacial score (nSPS) is 14.8. The number of hydrogen-bond donors (Lipinski definition) is 1. The molecule has 43 heavy (non-hydrogen) atoms. The van der Waals surface area contributed by atoms with Crippen molar-refractivity contribution in [2.45, 2.75) is 25.4 Å². The number of fused-ring (bicyclic) bond motifs is 1. The Morgan fingerprint density at radius 2 is 1.81 bits per heavy atom. The quantitative estimate of drug-likeness (QED) is 0.292. The number of hydrogen-bond acceptors (Lipinski definition) is 6. The van der Waals surface area contributed by atoms with E-state index in [0.29, 0.717) is 31.1 Å². The first-order valence-electron chi connectivity index (χ1n) is 13.7. The zero-order chi connectivity index (χ0) is 30.7. The first kappa shape index (κ1) is 29.4. The standard InChI is InChI=1S/C32H30F2N6O3/c1-21-20-39-29(31(42)40(21)26-12-10-25(11-13-26)32(33,34)24-7-5-4-6-8-24)27(19-36-39)37-30(41)22-9-14-28(23(17-22)18-35)43-16-15-38(2)3/h4-14,17,19,21H,15-16,20H2,1-3H3,(H,37,41). The highest BCUT2D eigenvalue weighted by Gasteiger charge is 2.37. The van der Waals surface area contributed by atoms with E-state index in [1.807, 2.05) is 25.9 Å². The minimum Gasteiger partial charge on any atom is -0.491 e. The Kier molecular flexibility index (Phi) is 8.23. The van der Waals surface area contributed by atoms with Gasteiger partial charge in [0.2, 0.25) is 0 Å². The van der Waals surface area contributed by atoms with E-state index in [9.17, 15) is 14.9 Å². The molecule has 11 heteroatoms. The summed E-state index contributed by atoms with van der Waals surface area (Å²) in [5.74, 6) is -3.79. The molecule has 1 atom stereocenters. The zero-order valence-electron chi connectivity index (χ0n) is 23.9. The van der Waals surface area contributed by atoms with E-state index in [2.05, 4.69) is 16.5 Å². The maximum Gasteiger partial charge on any atom is 0.298 e. The van der Waals surface area contributed by atoms with Crippen molar-refractivity contribution in [3.8, 4) is 11.8 Å². The number of nitriles is 1. The molecule has 2 amide bonds. The van der Waals surface area contributed by atoms with Crippen LogP contribution in [0.3, 0.4) is 0 Å². The molecular weight excluding hydrogens is 554 g/mol. The predicted molar refractivity (Wildman–Crippen MR) is 158 cm³/mol. The van der Waals surface area contributed by atoms with Crippen LogP contribution in [0.15, 0.2) is 79.0 Å². The third-order valence-corrected chi connectivity index (χ3v) is 7.19. The van der Waals surface area contributed by atoms with Crippen LogP contribution in [0.4, 0.5) is 20.2 Å². The van der Waals surface area contributed by atoms with Gasteiger partial charge in [-0.3, -0.25) is 14.3 Å². The summed E-state index contributed by atoms with van der Waals surface area (Å²) in [6.45, 7) is 3.20. The molecule has 0 fully saturated rings. The molecule has 0 spiro atoms. The van der Waals surface area contributed by atoms with Gasteiger partial charge in [0.15, 0.2) is 0 Å². The Bertz CT molecular complexity index is 1680. The second-order valence-corrected chi connectivity index (χ2v) is 10.5. The smallest absolute Gasteiger partial charge is 0.298 e. The van der Waals surface area contributed by atoms with Crippen molar-refractivity contribution in [1.82, 2.24) is 14.7 Å². The number of anilines is 2. The lowest BCUT2D eigenvalue weighted by Gasteiger charge is -2.34. The number of rotatable bonds is 9. The Labute approximate surface area is 247 Å². The number of halogens is 2. The summed E-state index contributed by atoms with van der Waals surface area (Å²) in [6, 6.07) is 19.4. The predicted octanol–water partition coefficient (Wildman–Crippen LogP) is 5.14. The lowest BCUT2D eigenvalue weighted by atomic mass is 9.99. The molecule has 1 aliphatic rings. The van der Waals surface area contributed by atoms with Crippen LogP contribution in [0.25, 0.3) is 0 Å². The van der Waals surface area contributed by atoms with Gasteiger partial charge in [0, 0.05) is 28.9 Å². The molecule has 9 nitrogen and oxygen atoms in total. The molecule has 1 aromatic heterocycles. The van der Waals surface area contributed by atoms with Crippen molar-refractivity contribution >= 4 is 23.2 Å². The van der Waals surface area contributed by atoms with Gasteiger partial charge in [-0.05, 0) is 51.4 Å². The van der Waals surface area contributed by atoms with E-state index < -0.39 is 17.7 Å². The number of carbonyl (C=O) groups is 2. The van der Waals surface area contributed by atoms with Crippen LogP contribution in [0.2, 0.25) is 0 Å². The minimum atomic E-state index is -3.20. The molecule has 1 N–H and O–H groups in total. The van der Waals surface area contributed by atoms with E-state index in [-0.39, 0.29) is 39.7 Å². The summed E-state index contributed by atoms with van der Waals surface area (Å²) in [7, 11) is 3.82. The zero-order valence-corrected chi connectivity index (χ0v) is 23.9. The number of nitrogens with one attached hydrogen (secondary N) is 1. The van der Waals surface area contributed by atoms with Crippen molar-refractivity contribution in [2.75, 3.05) is 37.5 Å². The first-order chi connectivity index (χ1) is 20.6. The van der Waals surface area contributed by atoms with Gasteiger partial charge in [-0.15, -0.1) is 0 Å². The lowest BCUT2D eigenvalue weighted by molar-refractivity contribution is 0.0428. The molecule has 0 radical (unpaired) electrons. The van der Waals surface area contributed by atoms with Crippen LogP contribution >= 0.6 is 0 Å². The Hall–Kier alpha value is -5.08. The molecule has 0 aliphatic carbocycles. The van der Waals surface area contributed by atoms with E-state index in [4.69, 9.17) is 4.74 Å². The van der Waals surface area contributed by atoms with Gasteiger partial charge in [0.05, 0.1) is 30.0 Å². The molecule has 0 saturated heterocycles. The number of carbonyl (C=O) groups excluding carboxylic acids is 2. The molecule has 3 aromatic carbocycles. The van der Waals surface area contributed by atoms with Gasteiger partial charge < -0.3 is 19.9 Å². The first-order valence-corrected chi connectivity index (χ1v) is 13.7. The second-order valence-electron chi connectivity index (χ2n) is 10.5. The van der Waals surface area contributed by atoms with Crippen LogP contribution in [0, 0.1) is 11.3 Å². The third kappa shape index (κ3) is 5.96. The van der Waals surface area contributed by atoms with Crippen LogP contribution in [-0.2, 0) is 12.5 Å². The highest BCUT2D eigenvalue weighted by molar-refractivity contribution is 6.13.